The van der Waals surface area contributed by atoms with Crippen LogP contribution in [0.5, 0.6) is 0 Å². The molecule has 16 heavy (non-hydrogen) atoms. The third-order valence-corrected chi connectivity index (χ3v) is 2.70. The highest BCUT2D eigenvalue weighted by molar-refractivity contribution is 5.88. The van der Waals surface area contributed by atoms with Crippen LogP contribution in [0.3, 0.4) is 0 Å². The lowest BCUT2D eigenvalue weighted by molar-refractivity contribution is 0.570. The summed E-state index contributed by atoms with van der Waals surface area (Å²) in [7, 11) is 0. The average molecular weight is 214 g/mol. The van der Waals surface area contributed by atoms with Gasteiger partial charge in [-0.2, -0.15) is 0 Å². The molecule has 2 heterocycles. The molecule has 0 atom stereocenters. The average Bonchev–Trinajstić information content (AvgIpc) is 2.61. The van der Waals surface area contributed by atoms with E-state index in [0.29, 0.717) is 27.9 Å². The molecule has 3 aromatic rings. The summed E-state index contributed by atoms with van der Waals surface area (Å²) in [4.78, 5) is 12.1. The molecule has 0 fully saturated rings. The van der Waals surface area contributed by atoms with Gasteiger partial charge in [-0.3, -0.25) is 4.79 Å². The molecule has 1 aromatic carbocycles. The van der Waals surface area contributed by atoms with Crippen LogP contribution in [-0.4, -0.2) is 0 Å². The van der Waals surface area contributed by atoms with Crippen LogP contribution >= 0.6 is 0 Å². The highest BCUT2D eigenvalue weighted by Gasteiger charge is 2.12. The number of furan rings is 1. The van der Waals surface area contributed by atoms with E-state index in [-0.39, 0.29) is 5.43 Å². The molecule has 0 unspecified atom stereocenters. The van der Waals surface area contributed by atoms with E-state index in [0.717, 1.165) is 5.56 Å². The summed E-state index contributed by atoms with van der Waals surface area (Å²) in [5.41, 5.74) is 2.31. The Hall–Kier alpha value is -2.03. The maximum absolute atomic E-state index is 12.1. The first-order chi connectivity index (χ1) is 7.66. The quantitative estimate of drug-likeness (QED) is 0.577. The lowest BCUT2D eigenvalue weighted by atomic mass is 10.1. The van der Waals surface area contributed by atoms with E-state index in [4.69, 9.17) is 8.83 Å². The van der Waals surface area contributed by atoms with Gasteiger partial charge in [0.15, 0.2) is 5.58 Å². The Labute approximate surface area is 91.3 Å². The first kappa shape index (κ1) is 9.21. The molecule has 0 N–H and O–H groups in total. The summed E-state index contributed by atoms with van der Waals surface area (Å²) >= 11 is 0. The summed E-state index contributed by atoms with van der Waals surface area (Å²) in [6, 6.07) is 7.26. The zero-order chi connectivity index (χ0) is 11.3. The van der Waals surface area contributed by atoms with Crippen molar-refractivity contribution in [3.63, 3.8) is 0 Å². The van der Waals surface area contributed by atoms with Gasteiger partial charge in [0.1, 0.15) is 11.3 Å². The summed E-state index contributed by atoms with van der Waals surface area (Å²) in [6.07, 6.45) is 0. The SMILES string of the molecule is Cc1cc2oc3c(C)cccc3c(=O)c2o1. The number of para-hydroxylation sites is 1. The fourth-order valence-electron chi connectivity index (χ4n) is 1.92. The Morgan fingerprint density at radius 3 is 2.69 bits per heavy atom. The minimum atomic E-state index is -0.104. The molecule has 3 heteroatoms. The second-order valence-electron chi connectivity index (χ2n) is 3.93. The number of benzene rings is 1. The summed E-state index contributed by atoms with van der Waals surface area (Å²) in [6.45, 7) is 3.72. The molecule has 0 aliphatic carbocycles. The van der Waals surface area contributed by atoms with Gasteiger partial charge >= 0.3 is 0 Å². The van der Waals surface area contributed by atoms with E-state index >= 15 is 0 Å². The molecule has 0 aliphatic rings. The summed E-state index contributed by atoms with van der Waals surface area (Å²) in [5.74, 6) is 0.684. The van der Waals surface area contributed by atoms with Crippen LogP contribution in [0.1, 0.15) is 11.3 Å². The molecule has 0 radical (unpaired) electrons. The van der Waals surface area contributed by atoms with Crippen molar-refractivity contribution in [1.82, 2.24) is 0 Å². The highest BCUT2D eigenvalue weighted by Crippen LogP contribution is 2.23. The van der Waals surface area contributed by atoms with Crippen molar-refractivity contribution in [1.29, 1.82) is 0 Å². The van der Waals surface area contributed by atoms with Crippen molar-refractivity contribution in [2.45, 2.75) is 13.8 Å². The van der Waals surface area contributed by atoms with Crippen molar-refractivity contribution < 1.29 is 8.83 Å². The molecule has 80 valence electrons. The van der Waals surface area contributed by atoms with Crippen LogP contribution in [-0.2, 0) is 0 Å². The van der Waals surface area contributed by atoms with Crippen LogP contribution in [0.15, 0.2) is 37.9 Å². The summed E-state index contributed by atoms with van der Waals surface area (Å²) < 4.78 is 11.0. The number of fused-ring (bicyclic) bond motifs is 2. The molecule has 2 aromatic heterocycles. The Bertz CT molecular complexity index is 747. The second-order valence-corrected chi connectivity index (χ2v) is 3.93. The molecule has 0 spiro atoms. The van der Waals surface area contributed by atoms with Crippen molar-refractivity contribution in [2.75, 3.05) is 0 Å². The molecular formula is C13H10O3. The van der Waals surface area contributed by atoms with Crippen LogP contribution in [0.2, 0.25) is 0 Å². The molecule has 3 rings (SSSR count). The lowest BCUT2D eigenvalue weighted by Gasteiger charge is -1.99. The van der Waals surface area contributed by atoms with Gasteiger partial charge in [-0.05, 0) is 25.5 Å². The van der Waals surface area contributed by atoms with Gasteiger partial charge in [-0.1, -0.05) is 12.1 Å². The summed E-state index contributed by atoms with van der Waals surface area (Å²) in [5, 5.41) is 0.571. The normalized spacial score (nSPS) is 11.4. The highest BCUT2D eigenvalue weighted by atomic mass is 16.4. The van der Waals surface area contributed by atoms with Crippen molar-refractivity contribution in [2.24, 2.45) is 0 Å². The lowest BCUT2D eigenvalue weighted by Crippen LogP contribution is -2.00. The van der Waals surface area contributed by atoms with E-state index < -0.39 is 0 Å². The molecule has 0 saturated carbocycles. The Morgan fingerprint density at radius 1 is 1.06 bits per heavy atom. The van der Waals surface area contributed by atoms with Gasteiger partial charge < -0.3 is 8.83 Å². The van der Waals surface area contributed by atoms with Crippen LogP contribution in [0, 0.1) is 13.8 Å². The maximum Gasteiger partial charge on any atom is 0.235 e. The first-order valence-corrected chi connectivity index (χ1v) is 5.09. The van der Waals surface area contributed by atoms with Crippen LogP contribution in [0.4, 0.5) is 0 Å². The van der Waals surface area contributed by atoms with E-state index in [9.17, 15) is 4.79 Å². The van der Waals surface area contributed by atoms with Gasteiger partial charge in [0.05, 0.1) is 5.39 Å². The molecular weight excluding hydrogens is 204 g/mol. The topological polar surface area (TPSA) is 43.4 Å². The number of hydrogen-bond donors (Lipinski definition) is 0. The molecule has 3 nitrogen and oxygen atoms in total. The molecule has 0 saturated heterocycles. The maximum atomic E-state index is 12.1. The van der Waals surface area contributed by atoms with Gasteiger partial charge in [0.2, 0.25) is 11.0 Å². The zero-order valence-corrected chi connectivity index (χ0v) is 9.03. The molecule has 0 amide bonds. The minimum absolute atomic E-state index is 0.104. The predicted molar refractivity (Wildman–Crippen MR) is 61.7 cm³/mol. The van der Waals surface area contributed by atoms with E-state index in [1.165, 1.54) is 0 Å². The van der Waals surface area contributed by atoms with Crippen molar-refractivity contribution in [3.8, 4) is 0 Å². The molecule has 0 bridgehead atoms. The predicted octanol–water partition coefficient (Wildman–Crippen LogP) is 3.16. The van der Waals surface area contributed by atoms with E-state index in [1.807, 2.05) is 19.1 Å². The van der Waals surface area contributed by atoms with Gasteiger partial charge in [0.25, 0.3) is 0 Å². The Kier molecular flexibility index (Phi) is 1.72. The largest absolute Gasteiger partial charge is 0.454 e. The number of aryl methyl sites for hydroxylation is 2. The van der Waals surface area contributed by atoms with Crippen LogP contribution in [0.25, 0.3) is 22.1 Å². The number of hydrogen-bond acceptors (Lipinski definition) is 3. The fourth-order valence-corrected chi connectivity index (χ4v) is 1.92. The minimum Gasteiger partial charge on any atom is -0.454 e. The third-order valence-electron chi connectivity index (χ3n) is 2.70. The Morgan fingerprint density at radius 2 is 1.88 bits per heavy atom. The van der Waals surface area contributed by atoms with Gasteiger partial charge in [-0.15, -0.1) is 0 Å². The number of rotatable bonds is 0. The smallest absolute Gasteiger partial charge is 0.235 e. The standard InChI is InChI=1S/C13H10O3/c1-7-4-3-5-9-11(14)13-10(16-12(7)9)6-8(2)15-13/h3-6H,1-2H3. The second kappa shape index (κ2) is 2.98. The van der Waals surface area contributed by atoms with E-state index in [2.05, 4.69) is 0 Å². The van der Waals surface area contributed by atoms with Gasteiger partial charge in [-0.25, -0.2) is 0 Å². The van der Waals surface area contributed by atoms with Crippen molar-refractivity contribution >= 4 is 22.1 Å². The molecule has 0 aliphatic heterocycles. The van der Waals surface area contributed by atoms with Gasteiger partial charge in [0, 0.05) is 6.07 Å². The fraction of sp³-hybridized carbons (Fsp3) is 0.154. The monoisotopic (exact) mass is 214 g/mol. The van der Waals surface area contributed by atoms with Crippen molar-refractivity contribution in [3.05, 3.63) is 45.8 Å². The zero-order valence-electron chi connectivity index (χ0n) is 9.03. The van der Waals surface area contributed by atoms with Crippen LogP contribution < -0.4 is 5.43 Å². The third kappa shape index (κ3) is 1.11. The first-order valence-electron chi connectivity index (χ1n) is 5.09. The van der Waals surface area contributed by atoms with E-state index in [1.54, 1.807) is 19.1 Å². The Balaban J connectivity index is 2.65.